The molecular weight excluding hydrogens is 120 g/mol. The van der Waals surface area contributed by atoms with Crippen LogP contribution in [0.5, 0.6) is 0 Å². The van der Waals surface area contributed by atoms with Crippen molar-refractivity contribution in [3.8, 4) is 0 Å². The molecule has 0 aromatic heterocycles. The Bertz CT molecular complexity index is 56.0. The molecule has 0 atom stereocenters. The zero-order chi connectivity index (χ0) is 6.62. The summed E-state index contributed by atoms with van der Waals surface area (Å²) in [6, 6.07) is 0. The van der Waals surface area contributed by atoms with Gasteiger partial charge >= 0.3 is 0 Å². The molecule has 1 nitrogen and oxygen atoms in total. The maximum atomic E-state index is 5.30. The van der Waals surface area contributed by atoms with Crippen molar-refractivity contribution in [2.45, 2.75) is 26.4 Å². The summed E-state index contributed by atoms with van der Waals surface area (Å²) in [6.07, 6.45) is 0. The van der Waals surface area contributed by atoms with Crippen LogP contribution in [0.4, 0.5) is 0 Å². The van der Waals surface area contributed by atoms with E-state index < -0.39 is 0 Å². The van der Waals surface area contributed by atoms with Gasteiger partial charge in [0.2, 0.25) is 0 Å². The van der Waals surface area contributed by atoms with Gasteiger partial charge < -0.3 is 4.74 Å². The third kappa shape index (κ3) is 6.31. The van der Waals surface area contributed by atoms with Crippen molar-refractivity contribution in [3.63, 3.8) is 0 Å². The van der Waals surface area contributed by atoms with Crippen LogP contribution < -0.4 is 0 Å². The van der Waals surface area contributed by atoms with Crippen LogP contribution in [0.1, 0.15) is 20.8 Å². The number of hydrogen-bond acceptors (Lipinski definition) is 2. The summed E-state index contributed by atoms with van der Waals surface area (Å²) in [5.74, 6) is 0.803. The lowest BCUT2D eigenvalue weighted by molar-refractivity contribution is 0.00706. The van der Waals surface area contributed by atoms with E-state index in [1.807, 2.05) is 20.8 Å². The predicted octanol–water partition coefficient (Wildman–Crippen LogP) is 1.73. The van der Waals surface area contributed by atoms with Gasteiger partial charge in [-0.2, -0.15) is 12.6 Å². The Morgan fingerprint density at radius 3 is 2.00 bits per heavy atom. The van der Waals surface area contributed by atoms with Gasteiger partial charge in [0, 0.05) is 5.75 Å². The van der Waals surface area contributed by atoms with Crippen LogP contribution in [0, 0.1) is 0 Å². The van der Waals surface area contributed by atoms with Crippen molar-refractivity contribution >= 4 is 12.6 Å². The third-order valence-electron chi connectivity index (χ3n) is 0.626. The standard InChI is InChI=1S/C6H14OS/c1-6(2,3)7-4-5-8/h8H,4-5H2,1-3H3. The zero-order valence-electron chi connectivity index (χ0n) is 5.77. The van der Waals surface area contributed by atoms with E-state index in [1.54, 1.807) is 0 Å². The minimum atomic E-state index is 0.00271. The first-order valence-electron chi connectivity index (χ1n) is 2.81. The monoisotopic (exact) mass is 134 g/mol. The zero-order valence-corrected chi connectivity index (χ0v) is 6.66. The van der Waals surface area contributed by atoms with Crippen LogP contribution in [0.15, 0.2) is 0 Å². The van der Waals surface area contributed by atoms with Crippen LogP contribution in [-0.4, -0.2) is 18.0 Å². The molecule has 8 heavy (non-hydrogen) atoms. The third-order valence-corrected chi connectivity index (χ3v) is 0.809. The summed E-state index contributed by atoms with van der Waals surface area (Å²) < 4.78 is 5.30. The molecule has 0 heterocycles. The molecule has 0 aliphatic rings. The van der Waals surface area contributed by atoms with E-state index in [9.17, 15) is 0 Å². The highest BCUT2D eigenvalue weighted by atomic mass is 32.1. The number of rotatable bonds is 2. The molecule has 0 radical (unpaired) electrons. The lowest BCUT2D eigenvalue weighted by Crippen LogP contribution is -2.20. The minimum Gasteiger partial charge on any atom is -0.375 e. The molecule has 0 amide bonds. The summed E-state index contributed by atoms with van der Waals surface area (Å²) in [7, 11) is 0. The second-order valence-electron chi connectivity index (χ2n) is 2.68. The average Bonchev–Trinajstić information content (AvgIpc) is 1.59. The van der Waals surface area contributed by atoms with Crippen molar-refractivity contribution in [1.29, 1.82) is 0 Å². The first-order valence-corrected chi connectivity index (χ1v) is 3.44. The quantitative estimate of drug-likeness (QED) is 0.566. The topological polar surface area (TPSA) is 9.23 Å². The van der Waals surface area contributed by atoms with E-state index in [4.69, 9.17) is 4.74 Å². The summed E-state index contributed by atoms with van der Waals surface area (Å²) in [5, 5.41) is 0. The Hall–Kier alpha value is 0.310. The predicted molar refractivity (Wildman–Crippen MR) is 39.6 cm³/mol. The van der Waals surface area contributed by atoms with E-state index in [2.05, 4.69) is 12.6 Å². The van der Waals surface area contributed by atoms with E-state index in [-0.39, 0.29) is 5.60 Å². The van der Waals surface area contributed by atoms with Crippen molar-refractivity contribution in [1.82, 2.24) is 0 Å². The van der Waals surface area contributed by atoms with Gasteiger partial charge in [-0.25, -0.2) is 0 Å². The van der Waals surface area contributed by atoms with E-state index in [0.29, 0.717) is 0 Å². The maximum absolute atomic E-state index is 5.30. The lowest BCUT2D eigenvalue weighted by Gasteiger charge is -2.18. The van der Waals surface area contributed by atoms with Crippen LogP contribution >= 0.6 is 12.6 Å². The number of thiol groups is 1. The molecule has 0 aromatic rings. The highest BCUT2D eigenvalue weighted by Gasteiger charge is 2.07. The first kappa shape index (κ1) is 8.31. The van der Waals surface area contributed by atoms with Crippen LogP contribution in [-0.2, 0) is 4.74 Å². The molecule has 0 saturated heterocycles. The molecule has 0 aliphatic heterocycles. The Kier molecular flexibility index (Phi) is 3.49. The van der Waals surface area contributed by atoms with Crippen LogP contribution in [0.25, 0.3) is 0 Å². The maximum Gasteiger partial charge on any atom is 0.0598 e. The second-order valence-corrected chi connectivity index (χ2v) is 3.13. The summed E-state index contributed by atoms with van der Waals surface area (Å²) in [4.78, 5) is 0. The smallest absolute Gasteiger partial charge is 0.0598 e. The summed E-state index contributed by atoms with van der Waals surface area (Å²) in [6.45, 7) is 6.86. The molecule has 0 bridgehead atoms. The SMILES string of the molecule is CC(C)(C)OCCS. The van der Waals surface area contributed by atoms with Crippen LogP contribution in [0.2, 0.25) is 0 Å². The normalized spacial score (nSPS) is 12.0. The molecular formula is C6H14OS. The molecule has 0 unspecified atom stereocenters. The van der Waals surface area contributed by atoms with Gasteiger partial charge in [0.05, 0.1) is 12.2 Å². The minimum absolute atomic E-state index is 0.00271. The molecule has 0 fully saturated rings. The fraction of sp³-hybridized carbons (Fsp3) is 1.00. The van der Waals surface area contributed by atoms with Gasteiger partial charge in [-0.3, -0.25) is 0 Å². The van der Waals surface area contributed by atoms with E-state index >= 15 is 0 Å². The van der Waals surface area contributed by atoms with E-state index in [0.717, 1.165) is 12.4 Å². The van der Waals surface area contributed by atoms with Gasteiger partial charge in [-0.15, -0.1) is 0 Å². The largest absolute Gasteiger partial charge is 0.375 e. The van der Waals surface area contributed by atoms with Crippen molar-refractivity contribution in [3.05, 3.63) is 0 Å². The van der Waals surface area contributed by atoms with Gasteiger partial charge in [0.1, 0.15) is 0 Å². The summed E-state index contributed by atoms with van der Waals surface area (Å²) in [5.41, 5.74) is 0.00271. The molecule has 0 aromatic carbocycles. The molecule has 0 spiro atoms. The van der Waals surface area contributed by atoms with Crippen molar-refractivity contribution < 1.29 is 4.74 Å². The van der Waals surface area contributed by atoms with Gasteiger partial charge in [0.25, 0.3) is 0 Å². The molecule has 0 N–H and O–H groups in total. The molecule has 50 valence electrons. The Morgan fingerprint density at radius 1 is 1.38 bits per heavy atom. The highest BCUT2D eigenvalue weighted by Crippen LogP contribution is 2.05. The van der Waals surface area contributed by atoms with Crippen molar-refractivity contribution in [2.24, 2.45) is 0 Å². The lowest BCUT2D eigenvalue weighted by atomic mass is 10.2. The fourth-order valence-corrected chi connectivity index (χ4v) is 0.443. The molecule has 2 heteroatoms. The second kappa shape index (κ2) is 3.36. The number of hydrogen-bond donors (Lipinski definition) is 1. The van der Waals surface area contributed by atoms with Gasteiger partial charge in [-0.1, -0.05) is 0 Å². The number of ether oxygens (including phenoxy) is 1. The Labute approximate surface area is 56.8 Å². The molecule has 0 aliphatic carbocycles. The molecule has 0 rings (SSSR count). The fourth-order valence-electron chi connectivity index (χ4n) is 0.352. The van der Waals surface area contributed by atoms with Gasteiger partial charge in [-0.05, 0) is 20.8 Å². The Balaban J connectivity index is 3.11. The van der Waals surface area contributed by atoms with Crippen LogP contribution in [0.3, 0.4) is 0 Å². The van der Waals surface area contributed by atoms with E-state index in [1.165, 1.54) is 0 Å². The van der Waals surface area contributed by atoms with Crippen molar-refractivity contribution in [2.75, 3.05) is 12.4 Å². The highest BCUT2D eigenvalue weighted by molar-refractivity contribution is 7.80. The Morgan fingerprint density at radius 2 is 1.88 bits per heavy atom. The average molecular weight is 134 g/mol. The first-order chi connectivity index (χ1) is 3.56. The van der Waals surface area contributed by atoms with Gasteiger partial charge in [0.15, 0.2) is 0 Å². The molecule has 0 saturated carbocycles. The summed E-state index contributed by atoms with van der Waals surface area (Å²) >= 11 is 4.01.